The van der Waals surface area contributed by atoms with Crippen molar-refractivity contribution in [3.05, 3.63) is 64.8 Å². The lowest BCUT2D eigenvalue weighted by molar-refractivity contribution is 0.415. The number of anilines is 3. The van der Waals surface area contributed by atoms with Crippen LogP contribution < -0.4 is 20.1 Å². The molecule has 0 radical (unpaired) electrons. The number of rotatable bonds is 9. The largest absolute Gasteiger partial charge is 0.497 e. The van der Waals surface area contributed by atoms with Crippen LogP contribution in [-0.2, 0) is 10.0 Å². The van der Waals surface area contributed by atoms with Crippen molar-refractivity contribution in [2.75, 3.05) is 30.8 Å². The molecule has 0 unspecified atom stereocenters. The Kier molecular flexibility index (Phi) is 7.32. The van der Waals surface area contributed by atoms with Gasteiger partial charge in [-0.2, -0.15) is 4.98 Å². The monoisotopic (exact) mass is 461 g/mol. The summed E-state index contributed by atoms with van der Waals surface area (Å²) in [6.07, 6.45) is 0. The summed E-state index contributed by atoms with van der Waals surface area (Å²) in [5, 5.41) is 6.66. The van der Waals surface area contributed by atoms with E-state index in [1.54, 1.807) is 13.2 Å². The standard InChI is InChI=1S/C21H24ClN5O3S/c1-14-4-9-18(13-19(14)22)31(28,29)24-11-10-23-21-25-15(2)12-20(27-21)26-16-5-7-17(30-3)8-6-16/h4-9,12-13,24H,10-11H2,1-3H3,(H2,23,25,26,27). The second-order valence-corrected chi connectivity index (χ2v) is 8.98. The van der Waals surface area contributed by atoms with Crippen LogP contribution in [0.15, 0.2) is 53.4 Å². The first kappa shape index (κ1) is 22.8. The van der Waals surface area contributed by atoms with Gasteiger partial charge in [-0.15, -0.1) is 0 Å². The van der Waals surface area contributed by atoms with Gasteiger partial charge in [-0.25, -0.2) is 18.1 Å². The molecule has 0 spiro atoms. The molecule has 1 aromatic heterocycles. The van der Waals surface area contributed by atoms with Crippen molar-refractivity contribution in [3.63, 3.8) is 0 Å². The number of sulfonamides is 1. The van der Waals surface area contributed by atoms with Gasteiger partial charge in [0.25, 0.3) is 0 Å². The van der Waals surface area contributed by atoms with Gasteiger partial charge in [0, 0.05) is 35.6 Å². The average molecular weight is 462 g/mol. The molecule has 0 saturated heterocycles. The fraction of sp³-hybridized carbons (Fsp3) is 0.238. The quantitative estimate of drug-likeness (QED) is 0.415. The highest BCUT2D eigenvalue weighted by molar-refractivity contribution is 7.89. The second-order valence-electron chi connectivity index (χ2n) is 6.81. The van der Waals surface area contributed by atoms with Gasteiger partial charge in [0.1, 0.15) is 11.6 Å². The van der Waals surface area contributed by atoms with Crippen LogP contribution >= 0.6 is 11.6 Å². The number of methoxy groups -OCH3 is 1. The average Bonchev–Trinajstić information content (AvgIpc) is 2.73. The number of ether oxygens (including phenoxy) is 1. The normalized spacial score (nSPS) is 11.2. The lowest BCUT2D eigenvalue weighted by Gasteiger charge is -2.11. The molecule has 0 aliphatic carbocycles. The first-order chi connectivity index (χ1) is 14.8. The summed E-state index contributed by atoms with van der Waals surface area (Å²) in [6.45, 7) is 4.14. The Morgan fingerprint density at radius 3 is 2.42 bits per heavy atom. The zero-order valence-corrected chi connectivity index (χ0v) is 19.0. The van der Waals surface area contributed by atoms with E-state index >= 15 is 0 Å². The number of hydrogen-bond acceptors (Lipinski definition) is 7. The SMILES string of the molecule is COc1ccc(Nc2cc(C)nc(NCCNS(=O)(=O)c3ccc(C)c(Cl)c3)n2)cc1. The molecule has 10 heteroatoms. The Labute approximate surface area is 187 Å². The van der Waals surface area contributed by atoms with Crippen LogP contribution in [0.5, 0.6) is 5.75 Å². The van der Waals surface area contributed by atoms with E-state index in [2.05, 4.69) is 25.3 Å². The summed E-state index contributed by atoms with van der Waals surface area (Å²) < 4.78 is 32.5. The fourth-order valence-electron chi connectivity index (χ4n) is 2.72. The molecule has 0 saturated carbocycles. The van der Waals surface area contributed by atoms with Gasteiger partial charge in [0.15, 0.2) is 0 Å². The maximum absolute atomic E-state index is 12.4. The van der Waals surface area contributed by atoms with Crippen LogP contribution in [0.4, 0.5) is 17.5 Å². The molecule has 0 bridgehead atoms. The molecule has 0 atom stereocenters. The van der Waals surface area contributed by atoms with Crippen LogP contribution in [0.1, 0.15) is 11.3 Å². The molecule has 0 fully saturated rings. The molecular weight excluding hydrogens is 438 g/mol. The zero-order valence-electron chi connectivity index (χ0n) is 17.4. The van der Waals surface area contributed by atoms with E-state index in [9.17, 15) is 8.42 Å². The number of halogens is 1. The number of aryl methyl sites for hydroxylation is 2. The molecule has 3 N–H and O–H groups in total. The molecule has 2 aromatic carbocycles. The summed E-state index contributed by atoms with van der Waals surface area (Å²) in [7, 11) is -2.04. The van der Waals surface area contributed by atoms with E-state index in [-0.39, 0.29) is 11.4 Å². The lowest BCUT2D eigenvalue weighted by Crippen LogP contribution is -2.29. The van der Waals surface area contributed by atoms with Gasteiger partial charge < -0.3 is 15.4 Å². The number of benzene rings is 2. The minimum Gasteiger partial charge on any atom is -0.497 e. The molecule has 3 rings (SSSR count). The smallest absolute Gasteiger partial charge is 0.240 e. The molecule has 3 aromatic rings. The predicted molar refractivity (Wildman–Crippen MR) is 123 cm³/mol. The number of hydrogen-bond donors (Lipinski definition) is 3. The van der Waals surface area contributed by atoms with Crippen molar-refractivity contribution in [1.82, 2.24) is 14.7 Å². The van der Waals surface area contributed by atoms with Gasteiger partial charge >= 0.3 is 0 Å². The Bertz CT molecular complexity index is 1150. The van der Waals surface area contributed by atoms with E-state index in [1.807, 2.05) is 44.2 Å². The Morgan fingerprint density at radius 1 is 1.00 bits per heavy atom. The van der Waals surface area contributed by atoms with Crippen LogP contribution in [0.3, 0.4) is 0 Å². The predicted octanol–water partition coefficient (Wildman–Crippen LogP) is 3.89. The Hall–Kier alpha value is -2.88. The first-order valence-corrected chi connectivity index (χ1v) is 11.4. The van der Waals surface area contributed by atoms with Gasteiger partial charge in [0.05, 0.1) is 12.0 Å². The summed E-state index contributed by atoms with van der Waals surface area (Å²) in [5.41, 5.74) is 2.44. The highest BCUT2D eigenvalue weighted by atomic mass is 35.5. The third-order valence-electron chi connectivity index (χ3n) is 4.37. The highest BCUT2D eigenvalue weighted by Crippen LogP contribution is 2.21. The van der Waals surface area contributed by atoms with Crippen molar-refractivity contribution in [2.45, 2.75) is 18.7 Å². The van der Waals surface area contributed by atoms with Gasteiger partial charge in [-0.3, -0.25) is 0 Å². The van der Waals surface area contributed by atoms with Gasteiger partial charge in [0.2, 0.25) is 16.0 Å². The van der Waals surface area contributed by atoms with E-state index in [4.69, 9.17) is 16.3 Å². The molecule has 0 aliphatic rings. The molecule has 0 aliphatic heterocycles. The summed E-state index contributed by atoms with van der Waals surface area (Å²) in [5.74, 6) is 1.78. The van der Waals surface area contributed by atoms with E-state index in [0.29, 0.717) is 23.3 Å². The van der Waals surface area contributed by atoms with Crippen LogP contribution in [-0.4, -0.2) is 38.6 Å². The minimum absolute atomic E-state index is 0.126. The number of aromatic nitrogens is 2. The van der Waals surface area contributed by atoms with Gasteiger partial charge in [-0.05, 0) is 55.8 Å². The van der Waals surface area contributed by atoms with Crippen molar-refractivity contribution in [1.29, 1.82) is 0 Å². The molecular formula is C21H24ClN5O3S. The summed E-state index contributed by atoms with van der Waals surface area (Å²) in [6, 6.07) is 13.9. The number of nitrogens with zero attached hydrogens (tertiary/aromatic N) is 2. The zero-order chi connectivity index (χ0) is 22.4. The minimum atomic E-state index is -3.65. The van der Waals surface area contributed by atoms with Crippen molar-refractivity contribution in [3.8, 4) is 5.75 Å². The highest BCUT2D eigenvalue weighted by Gasteiger charge is 2.14. The molecule has 8 nitrogen and oxygen atoms in total. The van der Waals surface area contributed by atoms with E-state index in [1.165, 1.54) is 12.1 Å². The molecule has 164 valence electrons. The maximum Gasteiger partial charge on any atom is 0.240 e. The van der Waals surface area contributed by atoms with E-state index in [0.717, 1.165) is 22.7 Å². The second kappa shape index (κ2) is 9.95. The Balaban J connectivity index is 1.58. The molecule has 31 heavy (non-hydrogen) atoms. The van der Waals surface area contributed by atoms with Crippen LogP contribution in [0.2, 0.25) is 5.02 Å². The van der Waals surface area contributed by atoms with Crippen LogP contribution in [0.25, 0.3) is 0 Å². The Morgan fingerprint density at radius 2 is 1.74 bits per heavy atom. The fourth-order valence-corrected chi connectivity index (χ4v) is 4.02. The topological polar surface area (TPSA) is 105 Å². The lowest BCUT2D eigenvalue weighted by atomic mass is 10.2. The van der Waals surface area contributed by atoms with Crippen LogP contribution in [0, 0.1) is 13.8 Å². The van der Waals surface area contributed by atoms with Crippen molar-refractivity contribution >= 4 is 39.1 Å². The van der Waals surface area contributed by atoms with Gasteiger partial charge in [-0.1, -0.05) is 17.7 Å². The number of nitrogens with one attached hydrogen (secondary N) is 3. The third kappa shape index (κ3) is 6.30. The summed E-state index contributed by atoms with van der Waals surface area (Å²) >= 11 is 6.03. The van der Waals surface area contributed by atoms with Crippen molar-refractivity contribution in [2.24, 2.45) is 0 Å². The van der Waals surface area contributed by atoms with E-state index < -0.39 is 10.0 Å². The molecule has 1 heterocycles. The first-order valence-electron chi connectivity index (χ1n) is 9.53. The molecule has 0 amide bonds. The van der Waals surface area contributed by atoms with Crippen molar-refractivity contribution < 1.29 is 13.2 Å². The maximum atomic E-state index is 12.4. The third-order valence-corrected chi connectivity index (χ3v) is 6.24. The summed E-state index contributed by atoms with van der Waals surface area (Å²) in [4.78, 5) is 8.89.